The van der Waals surface area contributed by atoms with E-state index >= 15 is 0 Å². The van der Waals surface area contributed by atoms with Crippen LogP contribution in [0.1, 0.15) is 36.8 Å². The molecule has 5 heteroatoms. The van der Waals surface area contributed by atoms with E-state index in [4.69, 9.17) is 0 Å². The molecule has 0 unspecified atom stereocenters. The summed E-state index contributed by atoms with van der Waals surface area (Å²) in [6.45, 7) is 1.50. The van der Waals surface area contributed by atoms with Crippen molar-refractivity contribution in [2.24, 2.45) is 5.92 Å². The van der Waals surface area contributed by atoms with Gasteiger partial charge in [0.15, 0.2) is 0 Å². The van der Waals surface area contributed by atoms with Crippen LogP contribution in [0.2, 0.25) is 0 Å². The molecule has 1 N–H and O–H groups in total. The largest absolute Gasteiger partial charge is 0.416 e. The van der Waals surface area contributed by atoms with E-state index in [-0.39, 0.29) is 6.10 Å². The van der Waals surface area contributed by atoms with Crippen molar-refractivity contribution >= 4 is 0 Å². The molecule has 1 aliphatic carbocycles. The first kappa shape index (κ1) is 14.9. The first-order valence-electron chi connectivity index (χ1n) is 7.52. The Balaban J connectivity index is 1.67. The van der Waals surface area contributed by atoms with Crippen molar-refractivity contribution in [1.82, 2.24) is 4.90 Å². The topological polar surface area (TPSA) is 23.5 Å². The fourth-order valence-electron chi connectivity index (χ4n) is 3.23. The Hall–Kier alpha value is -1.07. The number of nitrogens with zero attached hydrogens (tertiary/aromatic N) is 1. The molecule has 1 heterocycles. The summed E-state index contributed by atoms with van der Waals surface area (Å²) in [5.41, 5.74) is 0.309. The van der Waals surface area contributed by atoms with E-state index in [9.17, 15) is 18.3 Å². The van der Waals surface area contributed by atoms with Crippen LogP contribution in [0.3, 0.4) is 0 Å². The first-order chi connectivity index (χ1) is 9.93. The number of aliphatic hydroxyl groups excluding tert-OH is 1. The quantitative estimate of drug-likeness (QED) is 0.924. The summed E-state index contributed by atoms with van der Waals surface area (Å²) in [7, 11) is 0. The Kier molecular flexibility index (Phi) is 3.97. The van der Waals surface area contributed by atoms with Crippen LogP contribution in [0.5, 0.6) is 0 Å². The van der Waals surface area contributed by atoms with Gasteiger partial charge in [-0.25, -0.2) is 0 Å². The van der Waals surface area contributed by atoms with Gasteiger partial charge < -0.3 is 5.11 Å². The number of halogens is 3. The molecule has 0 spiro atoms. The molecule has 2 aliphatic rings. The Bertz CT molecular complexity index is 481. The Morgan fingerprint density at radius 1 is 1.10 bits per heavy atom. The third-order valence-electron chi connectivity index (χ3n) is 4.57. The van der Waals surface area contributed by atoms with E-state index in [0.29, 0.717) is 18.5 Å². The van der Waals surface area contributed by atoms with Crippen LogP contribution in [-0.2, 0) is 12.7 Å². The molecule has 2 atom stereocenters. The summed E-state index contributed by atoms with van der Waals surface area (Å²) < 4.78 is 37.7. The Morgan fingerprint density at radius 2 is 1.76 bits per heavy atom. The fraction of sp³-hybridized carbons (Fsp3) is 0.625. The summed E-state index contributed by atoms with van der Waals surface area (Å²) >= 11 is 0. The molecule has 1 saturated heterocycles. The fourth-order valence-corrected chi connectivity index (χ4v) is 3.23. The van der Waals surface area contributed by atoms with Crippen molar-refractivity contribution in [2.75, 3.05) is 6.54 Å². The summed E-state index contributed by atoms with van der Waals surface area (Å²) in [6.07, 6.45) is -0.527. The van der Waals surface area contributed by atoms with E-state index < -0.39 is 11.7 Å². The van der Waals surface area contributed by atoms with E-state index in [2.05, 4.69) is 4.90 Å². The van der Waals surface area contributed by atoms with Gasteiger partial charge in [-0.1, -0.05) is 12.1 Å². The zero-order valence-corrected chi connectivity index (χ0v) is 11.8. The Labute approximate surface area is 122 Å². The molecule has 1 aromatic carbocycles. The molecule has 1 aliphatic heterocycles. The van der Waals surface area contributed by atoms with Crippen molar-refractivity contribution in [3.05, 3.63) is 35.4 Å². The lowest BCUT2D eigenvalue weighted by Crippen LogP contribution is -2.45. The number of aliphatic hydroxyl groups is 1. The maximum atomic E-state index is 12.6. The van der Waals surface area contributed by atoms with Crippen LogP contribution in [0.25, 0.3) is 0 Å². The predicted octanol–water partition coefficient (Wildman–Crippen LogP) is 3.44. The van der Waals surface area contributed by atoms with Crippen LogP contribution in [0, 0.1) is 5.92 Å². The third kappa shape index (κ3) is 3.58. The van der Waals surface area contributed by atoms with Gasteiger partial charge in [0, 0.05) is 19.1 Å². The minimum Gasteiger partial charge on any atom is -0.393 e. The molecule has 0 amide bonds. The van der Waals surface area contributed by atoms with Crippen LogP contribution in [0.15, 0.2) is 24.3 Å². The third-order valence-corrected chi connectivity index (χ3v) is 4.57. The smallest absolute Gasteiger partial charge is 0.393 e. The summed E-state index contributed by atoms with van der Waals surface area (Å²) in [5.74, 6) is 0.661. The van der Waals surface area contributed by atoms with Crippen molar-refractivity contribution < 1.29 is 18.3 Å². The second-order valence-electron chi connectivity index (χ2n) is 6.25. The number of benzene rings is 1. The highest BCUT2D eigenvalue weighted by Gasteiger charge is 2.38. The molecule has 1 aromatic rings. The maximum Gasteiger partial charge on any atom is 0.416 e. The SMILES string of the molecule is O[C@H]1CCN(Cc2ccc(C(F)(F)F)cc2)[C@@H](C2CC2)C1. The van der Waals surface area contributed by atoms with Gasteiger partial charge in [0.2, 0.25) is 0 Å². The van der Waals surface area contributed by atoms with E-state index in [1.165, 1.54) is 12.8 Å². The monoisotopic (exact) mass is 299 g/mol. The van der Waals surface area contributed by atoms with Crippen molar-refractivity contribution in [3.63, 3.8) is 0 Å². The molecule has 1 saturated carbocycles. The Morgan fingerprint density at radius 3 is 2.33 bits per heavy atom. The second-order valence-corrected chi connectivity index (χ2v) is 6.25. The van der Waals surface area contributed by atoms with Gasteiger partial charge in [-0.3, -0.25) is 4.90 Å². The highest BCUT2D eigenvalue weighted by molar-refractivity contribution is 5.24. The zero-order chi connectivity index (χ0) is 15.0. The number of alkyl halides is 3. The normalized spacial score (nSPS) is 27.8. The maximum absolute atomic E-state index is 12.6. The van der Waals surface area contributed by atoms with Crippen LogP contribution in [-0.4, -0.2) is 28.7 Å². The first-order valence-corrected chi connectivity index (χ1v) is 7.52. The van der Waals surface area contributed by atoms with Gasteiger partial charge >= 0.3 is 6.18 Å². The number of piperidine rings is 1. The van der Waals surface area contributed by atoms with Gasteiger partial charge in [0.1, 0.15) is 0 Å². The lowest BCUT2D eigenvalue weighted by Gasteiger charge is -2.38. The van der Waals surface area contributed by atoms with Crippen molar-refractivity contribution in [1.29, 1.82) is 0 Å². The second kappa shape index (κ2) is 5.61. The van der Waals surface area contributed by atoms with Crippen LogP contribution < -0.4 is 0 Å². The molecule has 3 rings (SSSR count). The van der Waals surface area contributed by atoms with Gasteiger partial charge in [-0.2, -0.15) is 13.2 Å². The standard InChI is InChI=1S/C16H20F3NO/c17-16(18,19)13-5-1-11(2-6-13)10-20-8-7-14(21)9-15(20)12-3-4-12/h1-2,5-6,12,14-15,21H,3-4,7-10H2/t14-,15+/m0/s1. The van der Waals surface area contributed by atoms with E-state index in [1.807, 2.05) is 0 Å². The van der Waals surface area contributed by atoms with Gasteiger partial charge in [-0.05, 0) is 49.3 Å². The van der Waals surface area contributed by atoms with Gasteiger partial charge in [0.05, 0.1) is 11.7 Å². The van der Waals surface area contributed by atoms with Gasteiger partial charge in [-0.15, -0.1) is 0 Å². The van der Waals surface area contributed by atoms with Gasteiger partial charge in [0.25, 0.3) is 0 Å². The average Bonchev–Trinajstić information content (AvgIpc) is 3.25. The minimum absolute atomic E-state index is 0.223. The number of hydrogen-bond donors (Lipinski definition) is 1. The van der Waals surface area contributed by atoms with Crippen LogP contribution in [0.4, 0.5) is 13.2 Å². The minimum atomic E-state index is -4.27. The molecule has 116 valence electrons. The summed E-state index contributed by atoms with van der Waals surface area (Å²) in [6, 6.07) is 5.83. The molecule has 21 heavy (non-hydrogen) atoms. The summed E-state index contributed by atoms with van der Waals surface area (Å²) in [5, 5.41) is 9.81. The van der Waals surface area contributed by atoms with Crippen molar-refractivity contribution in [2.45, 2.75) is 50.6 Å². The molecule has 0 bridgehead atoms. The highest BCUT2D eigenvalue weighted by Crippen LogP contribution is 2.40. The number of hydrogen-bond acceptors (Lipinski definition) is 2. The molecular formula is C16H20F3NO. The lowest BCUT2D eigenvalue weighted by atomic mass is 9.95. The number of rotatable bonds is 3. The lowest BCUT2D eigenvalue weighted by molar-refractivity contribution is -0.137. The molecule has 2 fully saturated rings. The molecule has 2 nitrogen and oxygen atoms in total. The zero-order valence-electron chi connectivity index (χ0n) is 11.8. The molecule has 0 radical (unpaired) electrons. The van der Waals surface area contributed by atoms with E-state index in [1.54, 1.807) is 12.1 Å². The predicted molar refractivity (Wildman–Crippen MR) is 73.6 cm³/mol. The van der Waals surface area contributed by atoms with E-state index in [0.717, 1.165) is 37.1 Å². The number of likely N-dealkylation sites (tertiary alicyclic amines) is 1. The average molecular weight is 299 g/mol. The van der Waals surface area contributed by atoms with Crippen LogP contribution >= 0.6 is 0 Å². The summed E-state index contributed by atoms with van der Waals surface area (Å²) in [4.78, 5) is 2.33. The molecule has 0 aromatic heterocycles. The molecular weight excluding hydrogens is 279 g/mol. The highest BCUT2D eigenvalue weighted by atomic mass is 19.4. The van der Waals surface area contributed by atoms with Crippen molar-refractivity contribution in [3.8, 4) is 0 Å².